The third-order valence-corrected chi connectivity index (χ3v) is 3.10. The fourth-order valence-electron chi connectivity index (χ4n) is 2.24. The number of nitrogens with two attached hydrogens (primary N) is 1. The average molecular weight is 258 g/mol. The summed E-state index contributed by atoms with van der Waals surface area (Å²) in [6.45, 7) is -1.21. The van der Waals surface area contributed by atoms with Gasteiger partial charge in [0, 0.05) is 6.04 Å². The minimum absolute atomic E-state index is 0.309. The fourth-order valence-corrected chi connectivity index (χ4v) is 2.24. The van der Waals surface area contributed by atoms with E-state index in [-0.39, 0.29) is 6.04 Å². The van der Waals surface area contributed by atoms with Crippen molar-refractivity contribution in [1.82, 2.24) is 4.90 Å². The van der Waals surface area contributed by atoms with Gasteiger partial charge in [-0.2, -0.15) is 0 Å². The van der Waals surface area contributed by atoms with E-state index in [1.165, 1.54) is 0 Å². The smallest absolute Gasteiger partial charge is 0.323 e. The lowest BCUT2D eigenvalue weighted by molar-refractivity contribution is -0.151. The van der Waals surface area contributed by atoms with E-state index in [0.29, 0.717) is 12.8 Å². The van der Waals surface area contributed by atoms with E-state index in [4.69, 9.17) is 15.9 Å². The van der Waals surface area contributed by atoms with Crippen LogP contribution in [-0.2, 0) is 14.4 Å². The lowest BCUT2D eigenvalue weighted by Crippen LogP contribution is -2.48. The third kappa shape index (κ3) is 3.99. The van der Waals surface area contributed by atoms with Gasteiger partial charge in [-0.3, -0.25) is 14.4 Å². The van der Waals surface area contributed by atoms with E-state index >= 15 is 0 Å². The van der Waals surface area contributed by atoms with E-state index in [1.54, 1.807) is 0 Å². The van der Waals surface area contributed by atoms with Crippen LogP contribution < -0.4 is 5.73 Å². The minimum Gasteiger partial charge on any atom is -0.480 e. The van der Waals surface area contributed by atoms with Crippen molar-refractivity contribution >= 4 is 17.8 Å². The molecule has 0 radical (unpaired) electrons. The molecular formula is C11H18N2O5. The summed E-state index contributed by atoms with van der Waals surface area (Å²) < 4.78 is 0. The number of carbonyl (C=O) groups excluding carboxylic acids is 1. The summed E-state index contributed by atoms with van der Waals surface area (Å²) in [4.78, 5) is 34.2. The number of carboxylic acid groups (broad SMARTS) is 2. The Morgan fingerprint density at radius 3 is 2.00 bits per heavy atom. The first-order valence-corrected chi connectivity index (χ1v) is 5.89. The van der Waals surface area contributed by atoms with Gasteiger partial charge in [0.1, 0.15) is 13.1 Å². The summed E-state index contributed by atoms with van der Waals surface area (Å²) in [5, 5.41) is 17.4. The summed E-state index contributed by atoms with van der Waals surface area (Å²) in [7, 11) is 0. The Morgan fingerprint density at radius 1 is 1.06 bits per heavy atom. The summed E-state index contributed by atoms with van der Waals surface area (Å²) >= 11 is 0. The molecule has 2 atom stereocenters. The number of nitrogens with zero attached hydrogens (tertiary/aromatic N) is 1. The second-order valence-electron chi connectivity index (χ2n) is 4.54. The van der Waals surface area contributed by atoms with E-state index in [1.807, 2.05) is 0 Å². The van der Waals surface area contributed by atoms with Gasteiger partial charge in [0.05, 0.1) is 5.92 Å². The van der Waals surface area contributed by atoms with Crippen molar-refractivity contribution in [3.63, 3.8) is 0 Å². The zero-order valence-electron chi connectivity index (χ0n) is 10.0. The van der Waals surface area contributed by atoms with Crippen molar-refractivity contribution < 1.29 is 24.6 Å². The molecule has 18 heavy (non-hydrogen) atoms. The zero-order valence-corrected chi connectivity index (χ0v) is 10.0. The Hall–Kier alpha value is -1.63. The minimum atomic E-state index is -1.23. The first-order valence-electron chi connectivity index (χ1n) is 5.89. The van der Waals surface area contributed by atoms with Gasteiger partial charge in [-0.25, -0.2) is 0 Å². The normalized spacial score (nSPS) is 23.4. The lowest BCUT2D eigenvalue weighted by Gasteiger charge is -2.31. The molecule has 102 valence electrons. The van der Waals surface area contributed by atoms with Gasteiger partial charge in [-0.05, 0) is 12.8 Å². The lowest BCUT2D eigenvalue weighted by atomic mass is 9.84. The van der Waals surface area contributed by atoms with Crippen molar-refractivity contribution in [3.8, 4) is 0 Å². The number of hydrogen-bond acceptors (Lipinski definition) is 4. The predicted octanol–water partition coefficient (Wildman–Crippen LogP) is -0.498. The quantitative estimate of drug-likeness (QED) is 0.611. The molecule has 2 unspecified atom stereocenters. The van der Waals surface area contributed by atoms with Crippen LogP contribution in [0.2, 0.25) is 0 Å². The molecule has 0 spiro atoms. The van der Waals surface area contributed by atoms with Crippen molar-refractivity contribution in [2.24, 2.45) is 11.7 Å². The molecule has 0 saturated heterocycles. The molecule has 0 aromatic carbocycles. The highest BCUT2D eigenvalue weighted by Crippen LogP contribution is 2.24. The Labute approximate surface area is 105 Å². The summed E-state index contributed by atoms with van der Waals surface area (Å²) in [6, 6.07) is -0.309. The van der Waals surface area contributed by atoms with Crippen LogP contribution in [0.25, 0.3) is 0 Å². The largest absolute Gasteiger partial charge is 0.480 e. The van der Waals surface area contributed by atoms with E-state index in [2.05, 4.69) is 0 Å². The molecule has 1 aliphatic carbocycles. The van der Waals surface area contributed by atoms with Gasteiger partial charge >= 0.3 is 11.9 Å². The average Bonchev–Trinajstić information content (AvgIpc) is 2.26. The maximum Gasteiger partial charge on any atom is 0.323 e. The van der Waals surface area contributed by atoms with Crippen molar-refractivity contribution in [2.75, 3.05) is 13.1 Å². The van der Waals surface area contributed by atoms with Gasteiger partial charge in [0.2, 0.25) is 5.91 Å². The zero-order chi connectivity index (χ0) is 13.7. The molecule has 7 nitrogen and oxygen atoms in total. The fraction of sp³-hybridized carbons (Fsp3) is 0.727. The van der Waals surface area contributed by atoms with Crippen molar-refractivity contribution in [3.05, 3.63) is 0 Å². The second-order valence-corrected chi connectivity index (χ2v) is 4.54. The molecule has 0 aromatic heterocycles. The second kappa shape index (κ2) is 6.34. The summed E-state index contributed by atoms with van der Waals surface area (Å²) in [5.41, 5.74) is 5.84. The topological polar surface area (TPSA) is 121 Å². The van der Waals surface area contributed by atoms with Crippen LogP contribution in [0.3, 0.4) is 0 Å². The number of aliphatic carboxylic acids is 2. The van der Waals surface area contributed by atoms with Gasteiger partial charge in [-0.15, -0.1) is 0 Å². The van der Waals surface area contributed by atoms with E-state index < -0.39 is 36.9 Å². The molecule has 1 saturated carbocycles. The SMILES string of the molecule is NC1CCCCC1C(=O)N(CC(=O)O)CC(=O)O. The maximum absolute atomic E-state index is 12.1. The van der Waals surface area contributed by atoms with E-state index in [9.17, 15) is 14.4 Å². The monoisotopic (exact) mass is 258 g/mol. The Balaban J connectivity index is 2.73. The Morgan fingerprint density at radius 2 is 1.56 bits per heavy atom. The molecule has 4 N–H and O–H groups in total. The molecule has 0 bridgehead atoms. The van der Waals surface area contributed by atoms with Gasteiger partial charge in [0.25, 0.3) is 0 Å². The number of carbonyl (C=O) groups is 3. The van der Waals surface area contributed by atoms with Crippen LogP contribution in [0, 0.1) is 5.92 Å². The Bertz CT molecular complexity index is 328. The number of hydrogen-bond donors (Lipinski definition) is 3. The molecule has 0 heterocycles. The van der Waals surface area contributed by atoms with Crippen LogP contribution >= 0.6 is 0 Å². The molecule has 7 heteroatoms. The Kier molecular flexibility index (Phi) is 5.08. The first-order chi connectivity index (χ1) is 8.41. The number of carboxylic acids is 2. The highest BCUT2D eigenvalue weighted by atomic mass is 16.4. The van der Waals surface area contributed by atoms with Crippen LogP contribution in [0.1, 0.15) is 25.7 Å². The molecule has 0 aromatic rings. The van der Waals surface area contributed by atoms with Crippen molar-refractivity contribution in [1.29, 1.82) is 0 Å². The first kappa shape index (κ1) is 14.4. The highest BCUT2D eigenvalue weighted by Gasteiger charge is 2.33. The third-order valence-electron chi connectivity index (χ3n) is 3.10. The van der Waals surface area contributed by atoms with Crippen LogP contribution in [0.15, 0.2) is 0 Å². The molecule has 0 aliphatic heterocycles. The molecule has 1 aliphatic rings. The number of amides is 1. The van der Waals surface area contributed by atoms with Gasteiger partial charge in [-0.1, -0.05) is 12.8 Å². The van der Waals surface area contributed by atoms with Crippen LogP contribution in [-0.4, -0.2) is 52.1 Å². The molecular weight excluding hydrogens is 240 g/mol. The van der Waals surface area contributed by atoms with E-state index in [0.717, 1.165) is 17.7 Å². The number of rotatable bonds is 5. The van der Waals surface area contributed by atoms with Gasteiger partial charge < -0.3 is 20.8 Å². The summed E-state index contributed by atoms with van der Waals surface area (Å²) in [6.07, 6.45) is 3.11. The van der Waals surface area contributed by atoms with Crippen molar-refractivity contribution in [2.45, 2.75) is 31.7 Å². The standard InChI is InChI=1S/C11H18N2O5/c12-8-4-2-1-3-7(8)11(18)13(5-9(14)15)6-10(16)17/h7-8H,1-6,12H2,(H,14,15)(H,16,17). The predicted molar refractivity (Wildman–Crippen MR) is 61.8 cm³/mol. The van der Waals surface area contributed by atoms with Gasteiger partial charge in [0.15, 0.2) is 0 Å². The van der Waals surface area contributed by atoms with Crippen LogP contribution in [0.5, 0.6) is 0 Å². The molecule has 1 rings (SSSR count). The summed E-state index contributed by atoms with van der Waals surface area (Å²) in [5.74, 6) is -3.38. The molecule has 1 fully saturated rings. The van der Waals surface area contributed by atoms with Crippen LogP contribution in [0.4, 0.5) is 0 Å². The maximum atomic E-state index is 12.1. The molecule has 1 amide bonds. The highest BCUT2D eigenvalue weighted by molar-refractivity contribution is 5.87.